The summed E-state index contributed by atoms with van der Waals surface area (Å²) in [7, 11) is 1.72. The van der Waals surface area contributed by atoms with Crippen LogP contribution in [0.4, 0.5) is 5.13 Å². The molecule has 0 aliphatic heterocycles. The van der Waals surface area contributed by atoms with E-state index in [2.05, 4.69) is 35.2 Å². The highest BCUT2D eigenvalue weighted by molar-refractivity contribution is 7.15. The molecule has 10 heteroatoms. The van der Waals surface area contributed by atoms with Crippen LogP contribution in [0.2, 0.25) is 0 Å². The molecule has 0 aromatic carbocycles. The lowest BCUT2D eigenvalue weighted by Gasteiger charge is -2.53. The highest BCUT2D eigenvalue weighted by atomic mass is 32.1. The molecule has 0 spiro atoms. The van der Waals surface area contributed by atoms with E-state index in [0.717, 1.165) is 29.8 Å². The average Bonchev–Trinajstić information content (AvgIpc) is 3.24. The normalized spacial score (nSPS) is 28.2. The summed E-state index contributed by atoms with van der Waals surface area (Å²) in [5, 5.41) is 23.8. The highest BCUT2D eigenvalue weighted by Gasteiger charge is 2.54. The van der Waals surface area contributed by atoms with Gasteiger partial charge >= 0.3 is 0 Å². The largest absolute Gasteiger partial charge is 0.392 e. The minimum absolute atomic E-state index is 0.0152. The molecule has 2 aliphatic rings. The van der Waals surface area contributed by atoms with Gasteiger partial charge in [-0.25, -0.2) is 9.97 Å². The van der Waals surface area contributed by atoms with Crippen LogP contribution in [0.15, 0.2) is 18.6 Å². The Kier molecular flexibility index (Phi) is 7.20. The lowest BCUT2D eigenvalue weighted by molar-refractivity contribution is -0.143. The maximum absolute atomic E-state index is 13.0. The fourth-order valence-corrected chi connectivity index (χ4v) is 7.30. The first-order valence-corrected chi connectivity index (χ1v) is 12.8. The minimum atomic E-state index is -0.639. The fraction of sp³-hybridized carbons (Fsp3) is 0.600. The zero-order valence-electron chi connectivity index (χ0n) is 20.6. The molecule has 6 atom stereocenters. The Morgan fingerprint density at radius 1 is 1.43 bits per heavy atom. The summed E-state index contributed by atoms with van der Waals surface area (Å²) < 4.78 is 0. The van der Waals surface area contributed by atoms with Crippen LogP contribution in [0, 0.1) is 34.5 Å². The number of amides is 2. The monoisotopic (exact) mass is 496 g/mol. The topological polar surface area (TPSA) is 132 Å². The van der Waals surface area contributed by atoms with Gasteiger partial charge in [0.1, 0.15) is 5.69 Å². The second-order valence-corrected chi connectivity index (χ2v) is 11.3. The Labute approximate surface area is 209 Å². The van der Waals surface area contributed by atoms with Gasteiger partial charge in [0.25, 0.3) is 5.91 Å². The number of thiazole rings is 1. The average molecular weight is 497 g/mol. The van der Waals surface area contributed by atoms with E-state index in [4.69, 9.17) is 10.2 Å². The SMILES string of the molecule is C[C@H](C(=O)N(C)CCC#N)[C@@H]1CC[C@@]2(C)Cc3sc(NC(=O)c4cnccn4)nc3[C@@H](C)[C@@H]2[C@H]1O. The van der Waals surface area contributed by atoms with E-state index in [-0.39, 0.29) is 46.6 Å². The fourth-order valence-electron chi connectivity index (χ4n) is 6.04. The number of rotatable bonds is 6. The zero-order chi connectivity index (χ0) is 25.3. The molecule has 2 aliphatic carbocycles. The number of hydrogen-bond acceptors (Lipinski definition) is 8. The predicted octanol–water partition coefficient (Wildman–Crippen LogP) is 3.25. The Morgan fingerprint density at radius 2 is 2.20 bits per heavy atom. The van der Waals surface area contributed by atoms with E-state index in [1.54, 1.807) is 11.9 Å². The number of nitriles is 1. The van der Waals surface area contributed by atoms with Crippen molar-refractivity contribution >= 4 is 28.3 Å². The van der Waals surface area contributed by atoms with E-state index in [9.17, 15) is 14.7 Å². The van der Waals surface area contributed by atoms with E-state index in [1.165, 1.54) is 29.9 Å². The lowest BCUT2D eigenvalue weighted by Crippen LogP contribution is -2.53. The Hall–Kier alpha value is -2.90. The van der Waals surface area contributed by atoms with Crippen molar-refractivity contribution < 1.29 is 14.7 Å². The third-order valence-electron chi connectivity index (χ3n) is 7.91. The van der Waals surface area contributed by atoms with E-state index in [1.807, 2.05) is 6.92 Å². The van der Waals surface area contributed by atoms with Gasteiger partial charge in [0.2, 0.25) is 5.91 Å². The van der Waals surface area contributed by atoms with Gasteiger partial charge < -0.3 is 10.0 Å². The Bertz CT molecular complexity index is 1130. The standard InChI is InChI=1S/C25H32N6O3S/c1-14(23(34)31(4)11-5-8-26)16-6-7-25(3)12-18-20(15(2)19(25)21(16)32)29-24(35-18)30-22(33)17-13-27-9-10-28-17/h9-10,13-16,19,21,32H,5-7,11-12H2,1-4H3,(H,29,30,33)/t14-,15-,16-,19+,21-,25-/m0/s1. The molecule has 4 rings (SSSR count). The highest BCUT2D eigenvalue weighted by Crippen LogP contribution is 2.57. The summed E-state index contributed by atoms with van der Waals surface area (Å²) in [6, 6.07) is 2.08. The van der Waals surface area contributed by atoms with Crippen molar-refractivity contribution in [2.75, 3.05) is 18.9 Å². The number of aliphatic hydroxyl groups is 1. The van der Waals surface area contributed by atoms with Crippen molar-refractivity contribution in [2.24, 2.45) is 23.2 Å². The van der Waals surface area contributed by atoms with E-state index >= 15 is 0 Å². The van der Waals surface area contributed by atoms with Crippen LogP contribution in [0.3, 0.4) is 0 Å². The van der Waals surface area contributed by atoms with Crippen LogP contribution in [0.5, 0.6) is 0 Å². The van der Waals surface area contributed by atoms with Gasteiger partial charge in [0, 0.05) is 42.7 Å². The number of anilines is 1. The molecule has 2 N–H and O–H groups in total. The molecule has 0 saturated heterocycles. The molecule has 1 saturated carbocycles. The second-order valence-electron chi connectivity index (χ2n) is 10.2. The molecule has 2 aromatic heterocycles. The van der Waals surface area contributed by atoms with Crippen LogP contribution >= 0.6 is 11.3 Å². The molecule has 0 unspecified atom stereocenters. The van der Waals surface area contributed by atoms with Gasteiger partial charge in [-0.15, -0.1) is 11.3 Å². The quantitative estimate of drug-likeness (QED) is 0.627. The number of nitrogens with one attached hydrogen (secondary N) is 1. The summed E-state index contributed by atoms with van der Waals surface area (Å²) in [6.45, 7) is 6.60. The van der Waals surface area contributed by atoms with Gasteiger partial charge in [-0.1, -0.05) is 20.8 Å². The van der Waals surface area contributed by atoms with Gasteiger partial charge in [-0.05, 0) is 36.5 Å². The first-order chi connectivity index (χ1) is 16.7. The maximum Gasteiger partial charge on any atom is 0.277 e. The van der Waals surface area contributed by atoms with E-state index < -0.39 is 6.10 Å². The number of hydrogen-bond donors (Lipinski definition) is 2. The molecule has 1 fully saturated rings. The predicted molar refractivity (Wildman–Crippen MR) is 132 cm³/mol. The molecule has 2 aromatic rings. The van der Waals surface area contributed by atoms with Crippen molar-refractivity contribution in [3.63, 3.8) is 0 Å². The lowest BCUT2D eigenvalue weighted by atomic mass is 9.53. The third kappa shape index (κ3) is 4.80. The Morgan fingerprint density at radius 3 is 2.89 bits per heavy atom. The van der Waals surface area contributed by atoms with Crippen LogP contribution in [0.25, 0.3) is 0 Å². The number of aliphatic hydroxyl groups excluding tert-OH is 1. The number of fused-ring (bicyclic) bond motifs is 2. The van der Waals surface area contributed by atoms with Gasteiger partial charge in [-0.3, -0.25) is 19.9 Å². The van der Waals surface area contributed by atoms with Gasteiger partial charge in [0.05, 0.1) is 30.5 Å². The molecule has 186 valence electrons. The summed E-state index contributed by atoms with van der Waals surface area (Å²) in [4.78, 5) is 41.0. The first-order valence-electron chi connectivity index (χ1n) is 12.0. The van der Waals surface area contributed by atoms with Crippen LogP contribution in [0.1, 0.15) is 67.0 Å². The molecule has 35 heavy (non-hydrogen) atoms. The van der Waals surface area contributed by atoms with E-state index in [0.29, 0.717) is 18.1 Å². The Balaban J connectivity index is 1.52. The van der Waals surface area contributed by atoms with Crippen molar-refractivity contribution in [1.29, 1.82) is 5.26 Å². The summed E-state index contributed by atoms with van der Waals surface area (Å²) in [5.74, 6) is -0.918. The minimum Gasteiger partial charge on any atom is -0.392 e. The number of aromatic nitrogens is 3. The number of nitrogens with zero attached hydrogens (tertiary/aromatic N) is 5. The van der Waals surface area contributed by atoms with Crippen LogP contribution in [-0.2, 0) is 11.2 Å². The number of carbonyl (C=O) groups is 2. The van der Waals surface area contributed by atoms with Crippen molar-refractivity contribution in [3.8, 4) is 6.07 Å². The van der Waals surface area contributed by atoms with Crippen molar-refractivity contribution in [3.05, 3.63) is 34.9 Å². The van der Waals surface area contributed by atoms with Gasteiger partial charge in [-0.2, -0.15) is 5.26 Å². The molecule has 0 radical (unpaired) electrons. The summed E-state index contributed by atoms with van der Waals surface area (Å²) >= 11 is 1.48. The van der Waals surface area contributed by atoms with Crippen LogP contribution < -0.4 is 5.32 Å². The number of carbonyl (C=O) groups excluding carboxylic acids is 2. The third-order valence-corrected chi connectivity index (χ3v) is 8.89. The molecule has 9 nitrogen and oxygen atoms in total. The van der Waals surface area contributed by atoms with Crippen molar-refractivity contribution in [2.45, 2.75) is 58.5 Å². The first kappa shape index (κ1) is 25.2. The van der Waals surface area contributed by atoms with Crippen molar-refractivity contribution in [1.82, 2.24) is 19.9 Å². The summed E-state index contributed by atoms with van der Waals surface area (Å²) in [5.41, 5.74) is 1.03. The summed E-state index contributed by atoms with van der Waals surface area (Å²) in [6.07, 6.45) is 6.51. The smallest absolute Gasteiger partial charge is 0.277 e. The van der Waals surface area contributed by atoms with Crippen LogP contribution in [-0.4, -0.2) is 56.5 Å². The van der Waals surface area contributed by atoms with Gasteiger partial charge in [0.15, 0.2) is 5.13 Å². The maximum atomic E-state index is 13.0. The zero-order valence-corrected chi connectivity index (χ0v) is 21.4. The molecular formula is C25H32N6O3S. The molecule has 0 bridgehead atoms. The molecular weight excluding hydrogens is 464 g/mol. The molecule has 2 amide bonds. The molecule has 2 heterocycles. The second kappa shape index (κ2) is 9.99.